The monoisotopic (exact) mass is 351 g/mol. The summed E-state index contributed by atoms with van der Waals surface area (Å²) >= 11 is 0. The summed E-state index contributed by atoms with van der Waals surface area (Å²) < 4.78 is 5.84. The van der Waals surface area contributed by atoms with E-state index in [1.165, 1.54) is 5.56 Å². The van der Waals surface area contributed by atoms with Gasteiger partial charge in [0.1, 0.15) is 12.0 Å². The highest BCUT2D eigenvalue weighted by molar-refractivity contribution is 5.96. The van der Waals surface area contributed by atoms with E-state index in [-0.39, 0.29) is 5.91 Å². The highest BCUT2D eigenvalue weighted by Gasteiger charge is 2.23. The minimum atomic E-state index is 0.0959. The zero-order valence-corrected chi connectivity index (χ0v) is 15.5. The molecule has 0 unspecified atom stereocenters. The summed E-state index contributed by atoms with van der Waals surface area (Å²) in [6.07, 6.45) is 3.73. The lowest BCUT2D eigenvalue weighted by molar-refractivity contribution is -0.118. The average molecular weight is 351 g/mol. The molecular formula is C22H25NO3. The molecule has 0 saturated heterocycles. The second-order valence-electron chi connectivity index (χ2n) is 6.76. The largest absolute Gasteiger partial charge is 0.493 e. The first kappa shape index (κ1) is 18.2. The molecule has 1 aliphatic rings. The van der Waals surface area contributed by atoms with Crippen molar-refractivity contribution >= 4 is 17.9 Å². The summed E-state index contributed by atoms with van der Waals surface area (Å²) in [5.41, 5.74) is 4.92. The molecule has 0 spiro atoms. The molecule has 0 bridgehead atoms. The molecule has 0 atom stereocenters. The third-order valence-electron chi connectivity index (χ3n) is 5.06. The number of hydrogen-bond donors (Lipinski definition) is 0. The molecule has 26 heavy (non-hydrogen) atoms. The summed E-state index contributed by atoms with van der Waals surface area (Å²) in [6, 6.07) is 11.6. The topological polar surface area (TPSA) is 46.6 Å². The Bertz CT molecular complexity index is 813. The van der Waals surface area contributed by atoms with Crippen molar-refractivity contribution in [1.29, 1.82) is 0 Å². The van der Waals surface area contributed by atoms with E-state index >= 15 is 0 Å². The van der Waals surface area contributed by atoms with Crippen LogP contribution in [0.5, 0.6) is 5.75 Å². The van der Waals surface area contributed by atoms with Crippen molar-refractivity contribution in [2.75, 3.05) is 18.1 Å². The number of amides is 1. The van der Waals surface area contributed by atoms with Crippen LogP contribution in [-0.4, -0.2) is 25.3 Å². The Morgan fingerprint density at radius 3 is 2.81 bits per heavy atom. The summed E-state index contributed by atoms with van der Waals surface area (Å²) in [7, 11) is 0. The molecule has 0 radical (unpaired) electrons. The van der Waals surface area contributed by atoms with E-state index in [2.05, 4.69) is 13.0 Å². The maximum absolute atomic E-state index is 12.7. The third-order valence-corrected chi connectivity index (χ3v) is 5.06. The molecule has 0 fully saturated rings. The van der Waals surface area contributed by atoms with Gasteiger partial charge in [-0.15, -0.1) is 0 Å². The molecule has 0 N–H and O–H groups in total. The molecule has 0 aliphatic carbocycles. The van der Waals surface area contributed by atoms with Crippen LogP contribution < -0.4 is 9.64 Å². The van der Waals surface area contributed by atoms with Crippen LogP contribution in [-0.2, 0) is 11.2 Å². The van der Waals surface area contributed by atoms with Crippen molar-refractivity contribution in [3.63, 3.8) is 0 Å². The first-order valence-electron chi connectivity index (χ1n) is 9.18. The van der Waals surface area contributed by atoms with Gasteiger partial charge in [-0.3, -0.25) is 9.59 Å². The number of carbonyl (C=O) groups is 2. The standard InChI is InChI=1S/C22H25NO3/c1-16-7-3-11-21(17(16)2)26-14-6-12-22(25)23-13-5-9-19-18(15-24)8-4-10-20(19)23/h3-4,7-8,10-11,15H,5-6,9,12-14H2,1-2H3. The third kappa shape index (κ3) is 3.79. The normalized spacial score (nSPS) is 13.2. The number of carbonyl (C=O) groups excluding carboxylic acids is 2. The van der Waals surface area contributed by atoms with E-state index < -0.39 is 0 Å². The number of aryl methyl sites for hydroxylation is 1. The number of anilines is 1. The van der Waals surface area contributed by atoms with E-state index in [1.807, 2.05) is 42.2 Å². The van der Waals surface area contributed by atoms with Gasteiger partial charge in [0.2, 0.25) is 5.91 Å². The Balaban J connectivity index is 1.58. The van der Waals surface area contributed by atoms with Crippen LogP contribution in [0, 0.1) is 13.8 Å². The highest BCUT2D eigenvalue weighted by atomic mass is 16.5. The van der Waals surface area contributed by atoms with Crippen LogP contribution in [0.25, 0.3) is 0 Å². The lowest BCUT2D eigenvalue weighted by Crippen LogP contribution is -2.35. The minimum absolute atomic E-state index is 0.0959. The average Bonchev–Trinajstić information content (AvgIpc) is 2.67. The number of benzene rings is 2. The minimum Gasteiger partial charge on any atom is -0.493 e. The van der Waals surface area contributed by atoms with E-state index in [1.54, 1.807) is 0 Å². The van der Waals surface area contributed by atoms with Crippen molar-refractivity contribution in [1.82, 2.24) is 0 Å². The highest BCUT2D eigenvalue weighted by Crippen LogP contribution is 2.30. The molecule has 1 aliphatic heterocycles. The van der Waals surface area contributed by atoms with Crippen molar-refractivity contribution in [2.24, 2.45) is 0 Å². The second-order valence-corrected chi connectivity index (χ2v) is 6.76. The predicted molar refractivity (Wildman–Crippen MR) is 103 cm³/mol. The molecule has 3 rings (SSSR count). The first-order chi connectivity index (χ1) is 12.6. The van der Waals surface area contributed by atoms with Crippen molar-refractivity contribution < 1.29 is 14.3 Å². The molecule has 136 valence electrons. The van der Waals surface area contributed by atoms with Gasteiger partial charge < -0.3 is 9.64 Å². The Kier molecular flexibility index (Phi) is 5.71. The summed E-state index contributed by atoms with van der Waals surface area (Å²) in [6.45, 7) is 5.34. The SMILES string of the molecule is Cc1cccc(OCCCC(=O)N2CCCc3c(C=O)cccc32)c1C. The zero-order chi connectivity index (χ0) is 18.5. The Morgan fingerprint density at radius 1 is 1.19 bits per heavy atom. The van der Waals surface area contributed by atoms with Crippen LogP contribution in [0.2, 0.25) is 0 Å². The van der Waals surface area contributed by atoms with Crippen molar-refractivity contribution in [3.05, 3.63) is 58.7 Å². The molecule has 4 heteroatoms. The summed E-state index contributed by atoms with van der Waals surface area (Å²) in [5.74, 6) is 0.981. The molecule has 1 amide bonds. The van der Waals surface area contributed by atoms with E-state index in [4.69, 9.17) is 4.74 Å². The molecule has 0 aromatic heterocycles. The smallest absolute Gasteiger partial charge is 0.227 e. The van der Waals surface area contributed by atoms with Crippen LogP contribution in [0.3, 0.4) is 0 Å². The molecule has 2 aromatic rings. The van der Waals surface area contributed by atoms with Gasteiger partial charge in [-0.25, -0.2) is 0 Å². The fraction of sp³-hybridized carbons (Fsp3) is 0.364. The van der Waals surface area contributed by atoms with E-state index in [0.717, 1.165) is 41.7 Å². The zero-order valence-electron chi connectivity index (χ0n) is 15.5. The Labute approximate surface area is 154 Å². The van der Waals surface area contributed by atoms with Gasteiger partial charge in [-0.05, 0) is 61.9 Å². The van der Waals surface area contributed by atoms with Crippen molar-refractivity contribution in [2.45, 2.75) is 39.5 Å². The predicted octanol–water partition coefficient (Wildman–Crippen LogP) is 4.25. The fourth-order valence-corrected chi connectivity index (χ4v) is 3.44. The van der Waals surface area contributed by atoms with Gasteiger partial charge in [-0.2, -0.15) is 0 Å². The van der Waals surface area contributed by atoms with Crippen molar-refractivity contribution in [3.8, 4) is 5.75 Å². The van der Waals surface area contributed by atoms with Gasteiger partial charge in [0.15, 0.2) is 0 Å². The molecule has 0 saturated carbocycles. The van der Waals surface area contributed by atoms with Gasteiger partial charge in [-0.1, -0.05) is 24.3 Å². The number of nitrogens with zero attached hydrogens (tertiary/aromatic N) is 1. The van der Waals surface area contributed by atoms with Gasteiger partial charge in [0.25, 0.3) is 0 Å². The summed E-state index contributed by atoms with van der Waals surface area (Å²) in [4.78, 5) is 25.7. The lowest BCUT2D eigenvalue weighted by Gasteiger charge is -2.30. The Morgan fingerprint density at radius 2 is 2.00 bits per heavy atom. The number of fused-ring (bicyclic) bond motifs is 1. The molecular weight excluding hydrogens is 326 g/mol. The second kappa shape index (κ2) is 8.17. The van der Waals surface area contributed by atoms with Crippen LogP contribution in [0.1, 0.15) is 46.3 Å². The quantitative estimate of drug-likeness (QED) is 0.577. The first-order valence-corrected chi connectivity index (χ1v) is 9.18. The Hall–Kier alpha value is -2.62. The van der Waals surface area contributed by atoms with Crippen LogP contribution >= 0.6 is 0 Å². The molecule has 2 aromatic carbocycles. The van der Waals surface area contributed by atoms with Gasteiger partial charge in [0.05, 0.1) is 6.61 Å². The fourth-order valence-electron chi connectivity index (χ4n) is 3.44. The molecule has 1 heterocycles. The molecule has 4 nitrogen and oxygen atoms in total. The number of hydrogen-bond acceptors (Lipinski definition) is 3. The summed E-state index contributed by atoms with van der Waals surface area (Å²) in [5, 5.41) is 0. The van der Waals surface area contributed by atoms with Crippen LogP contribution in [0.15, 0.2) is 36.4 Å². The lowest BCUT2D eigenvalue weighted by atomic mass is 9.96. The van der Waals surface area contributed by atoms with Crippen LogP contribution in [0.4, 0.5) is 5.69 Å². The number of ether oxygens (including phenoxy) is 1. The van der Waals surface area contributed by atoms with Gasteiger partial charge >= 0.3 is 0 Å². The van der Waals surface area contributed by atoms with E-state index in [9.17, 15) is 9.59 Å². The van der Waals surface area contributed by atoms with Gasteiger partial charge in [0, 0.05) is 24.2 Å². The maximum atomic E-state index is 12.7. The number of aldehydes is 1. The van der Waals surface area contributed by atoms with E-state index in [0.29, 0.717) is 31.6 Å². The maximum Gasteiger partial charge on any atom is 0.227 e. The number of rotatable bonds is 6.